The Bertz CT molecular complexity index is 294. The molecule has 1 heterocycles. The zero-order valence-corrected chi connectivity index (χ0v) is 13.7. The summed E-state index contributed by atoms with van der Waals surface area (Å²) in [5, 5.41) is 6.24. The summed E-state index contributed by atoms with van der Waals surface area (Å²) in [7, 11) is 0. The standard InChI is InChI=1S/C12H22Cl3N3/c1-5-6-7-18-10(12(13,14)15)17(9-16-18)8-11(2,3)4/h9-10H,5-8H2,1-4H3. The van der Waals surface area contributed by atoms with Gasteiger partial charge in [0.1, 0.15) is 6.34 Å². The fourth-order valence-electron chi connectivity index (χ4n) is 1.96. The lowest BCUT2D eigenvalue weighted by Gasteiger charge is -2.37. The van der Waals surface area contributed by atoms with E-state index in [0.717, 1.165) is 25.9 Å². The fraction of sp³-hybridized carbons (Fsp3) is 0.917. The average molecular weight is 315 g/mol. The van der Waals surface area contributed by atoms with Crippen LogP contribution >= 0.6 is 34.8 Å². The lowest BCUT2D eigenvalue weighted by molar-refractivity contribution is 0.109. The van der Waals surface area contributed by atoms with E-state index in [0.29, 0.717) is 0 Å². The molecule has 0 aromatic carbocycles. The van der Waals surface area contributed by atoms with Crippen LogP contribution in [-0.2, 0) is 0 Å². The Morgan fingerprint density at radius 1 is 1.22 bits per heavy atom. The largest absolute Gasteiger partial charge is 0.335 e. The van der Waals surface area contributed by atoms with Crippen LogP contribution in [0.25, 0.3) is 0 Å². The lowest BCUT2D eigenvalue weighted by Crippen LogP contribution is -2.51. The van der Waals surface area contributed by atoms with Crippen molar-refractivity contribution in [3.63, 3.8) is 0 Å². The lowest BCUT2D eigenvalue weighted by atomic mass is 9.96. The first kappa shape index (κ1) is 16.2. The molecule has 0 radical (unpaired) electrons. The van der Waals surface area contributed by atoms with E-state index in [4.69, 9.17) is 34.8 Å². The zero-order valence-electron chi connectivity index (χ0n) is 11.5. The highest BCUT2D eigenvalue weighted by Gasteiger charge is 2.44. The number of hydrazone groups is 1. The van der Waals surface area contributed by atoms with Gasteiger partial charge in [-0.05, 0) is 11.8 Å². The molecule has 0 aromatic rings. The molecule has 1 atom stereocenters. The molecule has 0 bridgehead atoms. The van der Waals surface area contributed by atoms with Crippen molar-refractivity contribution in [3.05, 3.63) is 0 Å². The Morgan fingerprint density at radius 3 is 2.28 bits per heavy atom. The summed E-state index contributed by atoms with van der Waals surface area (Å²) in [4.78, 5) is 2.02. The number of halogens is 3. The fourth-order valence-corrected chi connectivity index (χ4v) is 2.68. The molecule has 6 heteroatoms. The molecular weight excluding hydrogens is 293 g/mol. The first-order valence-electron chi connectivity index (χ1n) is 6.28. The smallest absolute Gasteiger partial charge is 0.230 e. The molecule has 0 spiro atoms. The van der Waals surface area contributed by atoms with Crippen LogP contribution in [0.1, 0.15) is 40.5 Å². The van der Waals surface area contributed by atoms with Crippen LogP contribution in [0.15, 0.2) is 5.10 Å². The minimum Gasteiger partial charge on any atom is -0.335 e. The van der Waals surface area contributed by atoms with Crippen LogP contribution in [0, 0.1) is 5.41 Å². The van der Waals surface area contributed by atoms with Gasteiger partial charge in [-0.2, -0.15) is 5.10 Å². The van der Waals surface area contributed by atoms with Crippen molar-refractivity contribution < 1.29 is 0 Å². The first-order chi connectivity index (χ1) is 8.15. The van der Waals surface area contributed by atoms with Crippen LogP contribution in [0.4, 0.5) is 0 Å². The van der Waals surface area contributed by atoms with Gasteiger partial charge in [-0.15, -0.1) is 0 Å². The van der Waals surface area contributed by atoms with E-state index in [1.165, 1.54) is 0 Å². The van der Waals surface area contributed by atoms with Crippen LogP contribution < -0.4 is 0 Å². The SMILES string of the molecule is CCCCN1N=CN(CC(C)(C)C)C1C(Cl)(Cl)Cl. The minimum absolute atomic E-state index is 0.126. The van der Waals surface area contributed by atoms with Gasteiger partial charge >= 0.3 is 0 Å². The Morgan fingerprint density at radius 2 is 1.83 bits per heavy atom. The van der Waals surface area contributed by atoms with Gasteiger partial charge in [-0.25, -0.2) is 0 Å². The van der Waals surface area contributed by atoms with Crippen LogP contribution in [-0.4, -0.2) is 39.3 Å². The normalized spacial score (nSPS) is 20.9. The monoisotopic (exact) mass is 313 g/mol. The van der Waals surface area contributed by atoms with E-state index in [9.17, 15) is 0 Å². The van der Waals surface area contributed by atoms with Gasteiger partial charge in [0.2, 0.25) is 3.79 Å². The maximum absolute atomic E-state index is 6.10. The minimum atomic E-state index is -1.37. The van der Waals surface area contributed by atoms with Gasteiger partial charge in [-0.1, -0.05) is 68.9 Å². The van der Waals surface area contributed by atoms with Gasteiger partial charge < -0.3 is 4.90 Å². The second kappa shape index (κ2) is 6.06. The molecule has 0 fully saturated rings. The number of alkyl halides is 3. The molecule has 0 saturated carbocycles. The maximum Gasteiger partial charge on any atom is 0.230 e. The summed E-state index contributed by atoms with van der Waals surface area (Å²) >= 11 is 18.3. The zero-order chi connectivity index (χ0) is 14.0. The molecule has 0 aliphatic carbocycles. The van der Waals surface area contributed by atoms with Crippen molar-refractivity contribution in [2.75, 3.05) is 13.1 Å². The highest BCUT2D eigenvalue weighted by atomic mass is 35.6. The predicted octanol–water partition coefficient (Wildman–Crippen LogP) is 4.09. The molecule has 0 amide bonds. The number of hydrogen-bond donors (Lipinski definition) is 0. The van der Waals surface area contributed by atoms with Crippen molar-refractivity contribution >= 4 is 41.1 Å². The molecule has 106 valence electrons. The Hall–Kier alpha value is 0.140. The van der Waals surface area contributed by atoms with E-state index >= 15 is 0 Å². The topological polar surface area (TPSA) is 18.8 Å². The highest BCUT2D eigenvalue weighted by molar-refractivity contribution is 6.68. The third-order valence-electron chi connectivity index (χ3n) is 2.64. The summed E-state index contributed by atoms with van der Waals surface area (Å²) in [5.41, 5.74) is 0.126. The third kappa shape index (κ3) is 4.67. The van der Waals surface area contributed by atoms with Crippen LogP contribution in [0.5, 0.6) is 0 Å². The van der Waals surface area contributed by atoms with E-state index in [-0.39, 0.29) is 11.6 Å². The van der Waals surface area contributed by atoms with Crippen molar-refractivity contribution in [1.29, 1.82) is 0 Å². The average Bonchev–Trinajstić information content (AvgIpc) is 2.54. The molecule has 1 aliphatic heterocycles. The molecule has 0 N–H and O–H groups in total. The summed E-state index contributed by atoms with van der Waals surface area (Å²) in [6.07, 6.45) is 3.61. The van der Waals surface area contributed by atoms with E-state index < -0.39 is 3.79 Å². The van der Waals surface area contributed by atoms with Crippen LogP contribution in [0.2, 0.25) is 0 Å². The van der Waals surface area contributed by atoms with E-state index in [1.807, 2.05) is 9.91 Å². The van der Waals surface area contributed by atoms with Crippen molar-refractivity contribution in [1.82, 2.24) is 9.91 Å². The number of nitrogens with zero attached hydrogens (tertiary/aromatic N) is 3. The van der Waals surface area contributed by atoms with Crippen molar-refractivity contribution in [2.24, 2.45) is 10.5 Å². The molecule has 0 aromatic heterocycles. The Labute approximate surface area is 125 Å². The predicted molar refractivity (Wildman–Crippen MR) is 80.3 cm³/mol. The molecule has 1 rings (SSSR count). The van der Waals surface area contributed by atoms with Crippen LogP contribution in [0.3, 0.4) is 0 Å². The van der Waals surface area contributed by atoms with Gasteiger partial charge in [0.25, 0.3) is 0 Å². The summed E-state index contributed by atoms with van der Waals surface area (Å²) < 4.78 is -1.37. The van der Waals surface area contributed by atoms with E-state index in [1.54, 1.807) is 6.34 Å². The second-order valence-electron chi connectivity index (χ2n) is 5.90. The third-order valence-corrected chi connectivity index (χ3v) is 3.22. The molecular formula is C12H22Cl3N3. The molecule has 0 saturated heterocycles. The van der Waals surface area contributed by atoms with E-state index in [2.05, 4.69) is 32.8 Å². The number of unbranched alkanes of at least 4 members (excludes halogenated alkanes) is 1. The summed E-state index contributed by atoms with van der Waals surface area (Å²) in [5.74, 6) is 0. The Kier molecular flexibility index (Phi) is 5.45. The highest BCUT2D eigenvalue weighted by Crippen LogP contribution is 2.38. The second-order valence-corrected chi connectivity index (χ2v) is 8.26. The van der Waals surface area contributed by atoms with Crippen molar-refractivity contribution in [2.45, 2.75) is 50.5 Å². The number of rotatable bonds is 4. The van der Waals surface area contributed by atoms with Gasteiger partial charge in [0, 0.05) is 13.1 Å². The van der Waals surface area contributed by atoms with Gasteiger partial charge in [0.05, 0.1) is 0 Å². The van der Waals surface area contributed by atoms with Crippen molar-refractivity contribution in [3.8, 4) is 0 Å². The number of hydrogen-bond acceptors (Lipinski definition) is 3. The van der Waals surface area contributed by atoms with Gasteiger partial charge in [0.15, 0.2) is 6.17 Å². The molecule has 1 aliphatic rings. The quantitative estimate of drug-likeness (QED) is 0.728. The molecule has 1 unspecified atom stereocenters. The molecule has 3 nitrogen and oxygen atoms in total. The summed E-state index contributed by atoms with van der Waals surface area (Å²) in [6.45, 7) is 10.2. The Balaban J connectivity index is 2.77. The molecule has 18 heavy (non-hydrogen) atoms. The summed E-state index contributed by atoms with van der Waals surface area (Å²) in [6, 6.07) is 0. The van der Waals surface area contributed by atoms with Gasteiger partial charge in [-0.3, -0.25) is 5.01 Å². The maximum atomic E-state index is 6.10. The first-order valence-corrected chi connectivity index (χ1v) is 7.42.